The van der Waals surface area contributed by atoms with Crippen LogP contribution >= 0.6 is 0 Å². The second kappa shape index (κ2) is 8.43. The van der Waals surface area contributed by atoms with Gasteiger partial charge in [0.15, 0.2) is 6.10 Å². The van der Waals surface area contributed by atoms with Crippen molar-refractivity contribution in [2.24, 2.45) is 0 Å². The summed E-state index contributed by atoms with van der Waals surface area (Å²) in [7, 11) is -3.62. The molecule has 2 aliphatic heterocycles. The Labute approximate surface area is 182 Å². The number of ether oxygens (including phenoxy) is 1. The minimum Gasteiger partial charge on any atom is -0.448 e. The molecule has 2 aliphatic rings. The molecule has 0 spiro atoms. The minimum absolute atomic E-state index is 0.206. The monoisotopic (exact) mass is 442 g/mol. The summed E-state index contributed by atoms with van der Waals surface area (Å²) in [5, 5.41) is 0. The zero-order valence-electron chi connectivity index (χ0n) is 17.7. The number of amides is 1. The molecule has 2 heterocycles. The number of carbonyl (C=O) groups is 2. The topological polar surface area (TPSA) is 84.0 Å². The van der Waals surface area contributed by atoms with Gasteiger partial charge >= 0.3 is 5.97 Å². The van der Waals surface area contributed by atoms with Crippen LogP contribution in [0.1, 0.15) is 41.3 Å². The van der Waals surface area contributed by atoms with E-state index in [0.717, 1.165) is 11.1 Å². The van der Waals surface area contributed by atoms with E-state index >= 15 is 0 Å². The quantitative estimate of drug-likeness (QED) is 0.679. The van der Waals surface area contributed by atoms with E-state index in [-0.39, 0.29) is 37.0 Å². The number of hydrogen-bond acceptors (Lipinski definition) is 5. The van der Waals surface area contributed by atoms with Crippen molar-refractivity contribution in [1.82, 2.24) is 9.21 Å². The fourth-order valence-electron chi connectivity index (χ4n) is 4.00. The summed E-state index contributed by atoms with van der Waals surface area (Å²) in [6.45, 7) is 5.05. The number of cyclic esters (lactones) is 1. The zero-order chi connectivity index (χ0) is 22.2. The van der Waals surface area contributed by atoms with Gasteiger partial charge < -0.3 is 9.64 Å². The summed E-state index contributed by atoms with van der Waals surface area (Å²) in [6, 6.07) is 14.1. The first kappa shape index (κ1) is 21.5. The molecule has 2 aromatic rings. The number of nitrogens with zero attached hydrogens (tertiary/aromatic N) is 2. The first-order valence-corrected chi connectivity index (χ1v) is 11.9. The molecule has 0 aromatic heterocycles. The Kier molecular flexibility index (Phi) is 5.85. The fraction of sp³-hybridized carbons (Fsp3) is 0.391. The van der Waals surface area contributed by atoms with Gasteiger partial charge in [-0.05, 0) is 35.2 Å². The van der Waals surface area contributed by atoms with E-state index in [9.17, 15) is 18.0 Å². The molecule has 0 saturated carbocycles. The first-order valence-electron chi connectivity index (χ1n) is 10.4. The average molecular weight is 443 g/mol. The Morgan fingerprint density at radius 2 is 1.65 bits per heavy atom. The van der Waals surface area contributed by atoms with E-state index in [2.05, 4.69) is 13.8 Å². The van der Waals surface area contributed by atoms with Crippen LogP contribution in [-0.4, -0.2) is 61.8 Å². The van der Waals surface area contributed by atoms with Gasteiger partial charge in [0.2, 0.25) is 10.0 Å². The molecule has 1 amide bonds. The lowest BCUT2D eigenvalue weighted by atomic mass is 9.98. The number of rotatable bonds is 4. The van der Waals surface area contributed by atoms with Crippen molar-refractivity contribution in [2.45, 2.75) is 37.2 Å². The fourth-order valence-corrected chi connectivity index (χ4v) is 5.42. The summed E-state index contributed by atoms with van der Waals surface area (Å²) < 4.78 is 32.7. The molecule has 2 aromatic carbocycles. The highest BCUT2D eigenvalue weighted by molar-refractivity contribution is 7.89. The normalized spacial score (nSPS) is 19.8. The number of piperazine rings is 1. The van der Waals surface area contributed by atoms with Gasteiger partial charge in [-0.25, -0.2) is 13.2 Å². The van der Waals surface area contributed by atoms with Crippen LogP contribution in [0.4, 0.5) is 0 Å². The van der Waals surface area contributed by atoms with Crippen molar-refractivity contribution in [3.63, 3.8) is 0 Å². The van der Waals surface area contributed by atoms with Crippen LogP contribution in [0.3, 0.4) is 0 Å². The second-order valence-electron chi connectivity index (χ2n) is 8.21. The van der Waals surface area contributed by atoms with Gasteiger partial charge in [0.1, 0.15) is 0 Å². The number of benzene rings is 2. The maximum atomic E-state index is 13.0. The van der Waals surface area contributed by atoms with Crippen molar-refractivity contribution in [3.05, 3.63) is 65.2 Å². The largest absolute Gasteiger partial charge is 0.448 e. The van der Waals surface area contributed by atoms with Gasteiger partial charge in [-0.1, -0.05) is 44.2 Å². The van der Waals surface area contributed by atoms with Gasteiger partial charge in [-0.3, -0.25) is 4.79 Å². The third kappa shape index (κ3) is 4.22. The molecule has 0 unspecified atom stereocenters. The van der Waals surface area contributed by atoms with Crippen LogP contribution in [0.25, 0.3) is 0 Å². The number of carbonyl (C=O) groups excluding carboxylic acids is 2. The molecule has 164 valence electrons. The summed E-state index contributed by atoms with van der Waals surface area (Å²) >= 11 is 0. The molecule has 31 heavy (non-hydrogen) atoms. The van der Waals surface area contributed by atoms with Crippen LogP contribution in [0.5, 0.6) is 0 Å². The Morgan fingerprint density at radius 1 is 1.00 bits per heavy atom. The summed E-state index contributed by atoms with van der Waals surface area (Å²) in [6.07, 6.45) is -0.532. The third-order valence-electron chi connectivity index (χ3n) is 5.90. The summed E-state index contributed by atoms with van der Waals surface area (Å²) in [5.41, 5.74) is 2.37. The minimum atomic E-state index is -3.62. The Morgan fingerprint density at radius 3 is 2.29 bits per heavy atom. The van der Waals surface area contributed by atoms with Gasteiger partial charge in [0, 0.05) is 32.6 Å². The van der Waals surface area contributed by atoms with Crippen molar-refractivity contribution in [2.75, 3.05) is 26.2 Å². The predicted octanol–water partition coefficient (Wildman–Crippen LogP) is 2.42. The second-order valence-corrected chi connectivity index (χ2v) is 10.1. The van der Waals surface area contributed by atoms with Crippen molar-refractivity contribution < 1.29 is 22.7 Å². The van der Waals surface area contributed by atoms with Gasteiger partial charge in [-0.2, -0.15) is 4.31 Å². The van der Waals surface area contributed by atoms with Crippen molar-refractivity contribution in [1.29, 1.82) is 0 Å². The van der Waals surface area contributed by atoms with E-state index in [1.807, 2.05) is 24.3 Å². The summed E-state index contributed by atoms with van der Waals surface area (Å²) in [5.74, 6) is -0.445. The maximum Gasteiger partial charge on any atom is 0.339 e. The first-order chi connectivity index (χ1) is 14.8. The Balaban J connectivity index is 1.40. The number of sulfonamides is 1. The Bertz CT molecular complexity index is 1090. The van der Waals surface area contributed by atoms with Crippen molar-refractivity contribution in [3.8, 4) is 0 Å². The third-order valence-corrected chi connectivity index (χ3v) is 7.82. The molecule has 0 aliphatic carbocycles. The van der Waals surface area contributed by atoms with Crippen LogP contribution in [-0.2, 0) is 26.0 Å². The molecule has 8 heteroatoms. The zero-order valence-corrected chi connectivity index (χ0v) is 18.5. The number of esters is 1. The van der Waals surface area contributed by atoms with Gasteiger partial charge in [-0.15, -0.1) is 0 Å². The standard InChI is InChI=1S/C23H26N2O5S/c1-16(2)17-7-9-19(10-8-17)31(28,29)25-13-11-24(12-14-25)22(26)21-15-18-5-3-4-6-20(18)23(27)30-21/h3-10,16,21H,11-15H2,1-2H3/t21-/m0/s1. The van der Waals surface area contributed by atoms with Crippen LogP contribution in [0, 0.1) is 0 Å². The Hall–Kier alpha value is -2.71. The SMILES string of the molecule is CC(C)c1ccc(S(=O)(=O)N2CCN(C(=O)[C@@H]3Cc4ccccc4C(=O)O3)CC2)cc1. The number of fused-ring (bicyclic) bond motifs is 1. The van der Waals surface area contributed by atoms with Crippen LogP contribution in [0.2, 0.25) is 0 Å². The van der Waals surface area contributed by atoms with Crippen LogP contribution < -0.4 is 0 Å². The lowest BCUT2D eigenvalue weighted by molar-refractivity contribution is -0.142. The molecule has 0 bridgehead atoms. The van der Waals surface area contributed by atoms with Gasteiger partial charge in [0.25, 0.3) is 5.91 Å². The van der Waals surface area contributed by atoms with E-state index < -0.39 is 22.1 Å². The molecular formula is C23H26N2O5S. The van der Waals surface area contributed by atoms with E-state index in [1.165, 1.54) is 4.31 Å². The van der Waals surface area contributed by atoms with E-state index in [0.29, 0.717) is 17.9 Å². The smallest absolute Gasteiger partial charge is 0.339 e. The van der Waals surface area contributed by atoms with E-state index in [4.69, 9.17) is 4.74 Å². The lowest BCUT2D eigenvalue weighted by Crippen LogP contribution is -2.54. The van der Waals surface area contributed by atoms with E-state index in [1.54, 1.807) is 29.2 Å². The molecule has 1 saturated heterocycles. The van der Waals surface area contributed by atoms with Crippen molar-refractivity contribution >= 4 is 21.9 Å². The molecule has 1 fully saturated rings. The maximum absolute atomic E-state index is 13.0. The highest BCUT2D eigenvalue weighted by atomic mass is 32.2. The molecule has 0 N–H and O–H groups in total. The highest BCUT2D eigenvalue weighted by Crippen LogP contribution is 2.24. The summed E-state index contributed by atoms with van der Waals surface area (Å²) in [4.78, 5) is 27.0. The average Bonchev–Trinajstić information content (AvgIpc) is 2.78. The molecule has 1 atom stereocenters. The van der Waals surface area contributed by atoms with Gasteiger partial charge in [0.05, 0.1) is 10.5 Å². The number of hydrogen-bond donors (Lipinski definition) is 0. The molecular weight excluding hydrogens is 416 g/mol. The molecule has 0 radical (unpaired) electrons. The van der Waals surface area contributed by atoms with Crippen LogP contribution in [0.15, 0.2) is 53.4 Å². The lowest BCUT2D eigenvalue weighted by Gasteiger charge is -2.36. The predicted molar refractivity (Wildman–Crippen MR) is 115 cm³/mol. The molecule has 7 nitrogen and oxygen atoms in total. The molecule has 4 rings (SSSR count). The highest BCUT2D eigenvalue weighted by Gasteiger charge is 2.36.